The van der Waals surface area contributed by atoms with Crippen molar-refractivity contribution in [1.29, 1.82) is 0 Å². The van der Waals surface area contributed by atoms with E-state index in [1.165, 1.54) is 0 Å². The molecule has 0 saturated heterocycles. The van der Waals surface area contributed by atoms with Crippen LogP contribution in [0.25, 0.3) is 0 Å². The van der Waals surface area contributed by atoms with Gasteiger partial charge in [0.25, 0.3) is 0 Å². The van der Waals surface area contributed by atoms with E-state index >= 15 is 0 Å². The normalized spacial score (nSPS) is 12.2. The van der Waals surface area contributed by atoms with Crippen LogP contribution in [0.15, 0.2) is 30.3 Å². The van der Waals surface area contributed by atoms with Gasteiger partial charge in [0, 0.05) is 24.4 Å². The standard InChI is InChI=1S/C19H26N4O/c1-13-7-6-8-16(11-13)18(23(4)5)19(24)20-10-9-17-21-14(2)12-15(3)22-17/h6-8,11-12,18H,9-10H2,1-5H3,(H,20,24). The fourth-order valence-corrected chi connectivity index (χ4v) is 2.83. The summed E-state index contributed by atoms with van der Waals surface area (Å²) in [6, 6.07) is 9.71. The molecular formula is C19H26N4O. The first-order valence-electron chi connectivity index (χ1n) is 8.18. The molecule has 0 aliphatic heterocycles. The first-order valence-corrected chi connectivity index (χ1v) is 8.18. The molecule has 1 heterocycles. The predicted molar refractivity (Wildman–Crippen MR) is 95.8 cm³/mol. The maximum atomic E-state index is 12.6. The second kappa shape index (κ2) is 8.02. The van der Waals surface area contributed by atoms with Gasteiger partial charge in [0.1, 0.15) is 11.9 Å². The number of nitrogens with one attached hydrogen (secondary N) is 1. The summed E-state index contributed by atoms with van der Waals surface area (Å²) >= 11 is 0. The minimum absolute atomic E-state index is 0.00465. The third kappa shape index (κ3) is 4.86. The highest BCUT2D eigenvalue weighted by atomic mass is 16.2. The number of benzene rings is 1. The summed E-state index contributed by atoms with van der Waals surface area (Å²) in [4.78, 5) is 23.4. The molecule has 0 aliphatic rings. The number of aryl methyl sites for hydroxylation is 3. The lowest BCUT2D eigenvalue weighted by molar-refractivity contribution is -0.125. The van der Waals surface area contributed by atoms with Crippen LogP contribution in [-0.2, 0) is 11.2 Å². The third-order valence-corrected chi connectivity index (χ3v) is 3.80. The molecule has 5 heteroatoms. The number of rotatable bonds is 6. The predicted octanol–water partition coefficient (Wildman–Crippen LogP) is 2.36. The van der Waals surface area contributed by atoms with Crippen LogP contribution in [0.4, 0.5) is 0 Å². The first kappa shape index (κ1) is 18.1. The van der Waals surface area contributed by atoms with Gasteiger partial charge in [-0.1, -0.05) is 29.8 Å². The first-order chi connectivity index (χ1) is 11.4. The third-order valence-electron chi connectivity index (χ3n) is 3.80. The number of nitrogens with zero attached hydrogens (tertiary/aromatic N) is 3. The van der Waals surface area contributed by atoms with Crippen LogP contribution in [0, 0.1) is 20.8 Å². The van der Waals surface area contributed by atoms with Crippen LogP contribution in [-0.4, -0.2) is 41.4 Å². The number of aromatic nitrogens is 2. The van der Waals surface area contributed by atoms with Gasteiger partial charge in [-0.15, -0.1) is 0 Å². The molecule has 1 unspecified atom stereocenters. The highest BCUT2D eigenvalue weighted by Crippen LogP contribution is 2.19. The minimum atomic E-state index is -0.301. The highest BCUT2D eigenvalue weighted by molar-refractivity contribution is 5.83. The Morgan fingerprint density at radius 3 is 2.38 bits per heavy atom. The average Bonchev–Trinajstić information content (AvgIpc) is 2.46. The molecule has 1 N–H and O–H groups in total. The van der Waals surface area contributed by atoms with Crippen LogP contribution in [0.3, 0.4) is 0 Å². The Kier molecular flexibility index (Phi) is 6.04. The molecule has 2 rings (SSSR count). The Labute approximate surface area is 144 Å². The van der Waals surface area contributed by atoms with Crippen molar-refractivity contribution in [3.05, 3.63) is 58.7 Å². The Morgan fingerprint density at radius 1 is 1.12 bits per heavy atom. The Morgan fingerprint density at radius 2 is 1.79 bits per heavy atom. The molecule has 5 nitrogen and oxygen atoms in total. The Bertz CT molecular complexity index is 692. The van der Waals surface area contributed by atoms with Gasteiger partial charge in [0.2, 0.25) is 5.91 Å². The molecule has 0 fully saturated rings. The second-order valence-corrected chi connectivity index (χ2v) is 6.39. The van der Waals surface area contributed by atoms with Gasteiger partial charge in [0.05, 0.1) is 0 Å². The lowest BCUT2D eigenvalue weighted by Crippen LogP contribution is -2.38. The largest absolute Gasteiger partial charge is 0.354 e. The molecule has 0 bridgehead atoms. The molecule has 1 aromatic heterocycles. The highest BCUT2D eigenvalue weighted by Gasteiger charge is 2.22. The smallest absolute Gasteiger partial charge is 0.241 e. The second-order valence-electron chi connectivity index (χ2n) is 6.39. The Balaban J connectivity index is 2.01. The molecule has 128 valence electrons. The number of hydrogen-bond acceptors (Lipinski definition) is 4. The summed E-state index contributed by atoms with van der Waals surface area (Å²) in [5.74, 6) is 0.764. The summed E-state index contributed by atoms with van der Waals surface area (Å²) < 4.78 is 0. The maximum Gasteiger partial charge on any atom is 0.241 e. The van der Waals surface area contributed by atoms with Gasteiger partial charge in [-0.3, -0.25) is 9.69 Å². The van der Waals surface area contributed by atoms with Crippen LogP contribution in [0.5, 0.6) is 0 Å². The molecule has 0 saturated carbocycles. The minimum Gasteiger partial charge on any atom is -0.354 e. The summed E-state index contributed by atoms with van der Waals surface area (Å²) in [5, 5.41) is 3.01. The number of amides is 1. The number of hydrogen-bond donors (Lipinski definition) is 1. The Hall–Kier alpha value is -2.27. The van der Waals surface area contributed by atoms with Crippen LogP contribution >= 0.6 is 0 Å². The van der Waals surface area contributed by atoms with Crippen molar-refractivity contribution in [3.63, 3.8) is 0 Å². The van der Waals surface area contributed by atoms with E-state index in [0.717, 1.165) is 28.3 Å². The van der Waals surface area contributed by atoms with Gasteiger partial charge in [-0.05, 0) is 46.5 Å². The average molecular weight is 326 g/mol. The van der Waals surface area contributed by atoms with Crippen molar-refractivity contribution in [2.24, 2.45) is 0 Å². The summed E-state index contributed by atoms with van der Waals surface area (Å²) in [6.45, 7) is 6.47. The molecule has 1 aromatic carbocycles. The van der Waals surface area contributed by atoms with Crippen molar-refractivity contribution < 1.29 is 4.79 Å². The number of likely N-dealkylation sites (N-methyl/N-ethyl adjacent to an activating group) is 1. The quantitative estimate of drug-likeness (QED) is 0.885. The number of carbonyl (C=O) groups excluding carboxylic acids is 1. The van der Waals surface area contributed by atoms with E-state index in [0.29, 0.717) is 13.0 Å². The fourth-order valence-electron chi connectivity index (χ4n) is 2.83. The van der Waals surface area contributed by atoms with Crippen molar-refractivity contribution >= 4 is 5.91 Å². The molecular weight excluding hydrogens is 300 g/mol. The van der Waals surface area contributed by atoms with Crippen molar-refractivity contribution in [3.8, 4) is 0 Å². The molecule has 0 radical (unpaired) electrons. The topological polar surface area (TPSA) is 58.1 Å². The lowest BCUT2D eigenvalue weighted by Gasteiger charge is -2.24. The summed E-state index contributed by atoms with van der Waals surface area (Å²) in [6.07, 6.45) is 0.627. The van der Waals surface area contributed by atoms with Crippen molar-refractivity contribution in [1.82, 2.24) is 20.2 Å². The van der Waals surface area contributed by atoms with Crippen molar-refractivity contribution in [2.45, 2.75) is 33.2 Å². The van der Waals surface area contributed by atoms with Gasteiger partial charge >= 0.3 is 0 Å². The van der Waals surface area contributed by atoms with Crippen molar-refractivity contribution in [2.75, 3.05) is 20.6 Å². The fraction of sp³-hybridized carbons (Fsp3) is 0.421. The van der Waals surface area contributed by atoms with E-state index in [4.69, 9.17) is 0 Å². The van der Waals surface area contributed by atoms with Gasteiger partial charge < -0.3 is 5.32 Å². The van der Waals surface area contributed by atoms with Gasteiger partial charge in [0.15, 0.2) is 0 Å². The molecule has 24 heavy (non-hydrogen) atoms. The molecule has 2 aromatic rings. The molecule has 0 spiro atoms. The van der Waals surface area contributed by atoms with E-state index in [1.807, 2.05) is 64.0 Å². The monoisotopic (exact) mass is 326 g/mol. The molecule has 1 amide bonds. The summed E-state index contributed by atoms with van der Waals surface area (Å²) in [7, 11) is 3.83. The summed E-state index contributed by atoms with van der Waals surface area (Å²) in [5.41, 5.74) is 4.06. The van der Waals surface area contributed by atoms with E-state index < -0.39 is 0 Å². The van der Waals surface area contributed by atoms with E-state index in [1.54, 1.807) is 0 Å². The van der Waals surface area contributed by atoms with Gasteiger partial charge in [-0.2, -0.15) is 0 Å². The zero-order chi connectivity index (χ0) is 17.7. The van der Waals surface area contributed by atoms with Crippen LogP contribution < -0.4 is 5.32 Å². The SMILES string of the molecule is Cc1cccc(C(C(=O)NCCc2nc(C)cc(C)n2)N(C)C)c1. The van der Waals surface area contributed by atoms with Crippen LogP contribution in [0.1, 0.15) is 34.4 Å². The van der Waals surface area contributed by atoms with Gasteiger partial charge in [-0.25, -0.2) is 9.97 Å². The maximum absolute atomic E-state index is 12.6. The van der Waals surface area contributed by atoms with E-state index in [-0.39, 0.29) is 11.9 Å². The van der Waals surface area contributed by atoms with Crippen LogP contribution in [0.2, 0.25) is 0 Å². The zero-order valence-electron chi connectivity index (χ0n) is 15.1. The zero-order valence-corrected chi connectivity index (χ0v) is 15.1. The van der Waals surface area contributed by atoms with E-state index in [9.17, 15) is 4.79 Å². The number of carbonyl (C=O) groups is 1. The molecule has 1 atom stereocenters. The van der Waals surface area contributed by atoms with E-state index in [2.05, 4.69) is 21.4 Å². The molecule has 0 aliphatic carbocycles. The lowest BCUT2D eigenvalue weighted by atomic mass is 10.0.